The molecule has 0 aliphatic rings. The van der Waals surface area contributed by atoms with Gasteiger partial charge in [-0.05, 0) is 128 Å². The number of carbonyl (C=O) groups is 3. The zero-order valence-corrected chi connectivity index (χ0v) is 54.4. The molecule has 474 valence electrons. The lowest BCUT2D eigenvalue weighted by Crippen LogP contribution is -2.30. The zero-order chi connectivity index (χ0) is 59.9. The Balaban J connectivity index is 4.25. The average Bonchev–Trinajstić information content (AvgIpc) is 3.48. The number of hydrogen-bond donors (Lipinski definition) is 0. The number of ether oxygens (including phenoxy) is 3. The van der Waals surface area contributed by atoms with E-state index in [0.717, 1.165) is 135 Å². The number of rotatable bonds is 63. The lowest BCUT2D eigenvalue weighted by Gasteiger charge is -2.18. The van der Waals surface area contributed by atoms with E-state index in [2.05, 4.69) is 142 Å². The van der Waals surface area contributed by atoms with Crippen molar-refractivity contribution in [3.05, 3.63) is 122 Å². The molecule has 1 atom stereocenters. The Morgan fingerprint density at radius 2 is 0.482 bits per heavy atom. The molecule has 0 N–H and O–H groups in total. The van der Waals surface area contributed by atoms with Gasteiger partial charge in [0.25, 0.3) is 0 Å². The van der Waals surface area contributed by atoms with Crippen LogP contribution in [0.1, 0.15) is 329 Å². The number of allylic oxidation sites excluding steroid dienone is 20. The zero-order valence-electron chi connectivity index (χ0n) is 54.4. The summed E-state index contributed by atoms with van der Waals surface area (Å²) in [4.78, 5) is 38.3. The van der Waals surface area contributed by atoms with Gasteiger partial charge in [-0.1, -0.05) is 303 Å². The van der Waals surface area contributed by atoms with E-state index >= 15 is 0 Å². The van der Waals surface area contributed by atoms with Crippen LogP contribution in [0.25, 0.3) is 0 Å². The summed E-state index contributed by atoms with van der Waals surface area (Å²) in [5, 5.41) is 0. The van der Waals surface area contributed by atoms with Crippen molar-refractivity contribution in [1.29, 1.82) is 0 Å². The monoisotopic (exact) mass is 1150 g/mol. The minimum atomic E-state index is -0.799. The lowest BCUT2D eigenvalue weighted by atomic mass is 10.0. The molecule has 0 heterocycles. The Labute approximate surface area is 513 Å². The van der Waals surface area contributed by atoms with Crippen molar-refractivity contribution in [3.63, 3.8) is 0 Å². The Hall–Kier alpha value is -4.19. The van der Waals surface area contributed by atoms with E-state index in [0.29, 0.717) is 19.3 Å². The molecule has 0 rings (SSSR count). The molecule has 0 amide bonds. The predicted molar refractivity (Wildman–Crippen MR) is 362 cm³/mol. The molecule has 0 spiro atoms. The Morgan fingerprint density at radius 3 is 0.783 bits per heavy atom. The molecule has 6 nitrogen and oxygen atoms in total. The van der Waals surface area contributed by atoms with Crippen LogP contribution in [-0.4, -0.2) is 37.2 Å². The second-order valence-corrected chi connectivity index (χ2v) is 23.1. The fourth-order valence-corrected chi connectivity index (χ4v) is 9.67. The third-order valence-corrected chi connectivity index (χ3v) is 14.9. The van der Waals surface area contributed by atoms with Gasteiger partial charge in [-0.15, -0.1) is 0 Å². The van der Waals surface area contributed by atoms with E-state index in [4.69, 9.17) is 14.2 Å². The van der Waals surface area contributed by atoms with Crippen LogP contribution in [-0.2, 0) is 28.6 Å². The van der Waals surface area contributed by atoms with Crippen molar-refractivity contribution >= 4 is 17.9 Å². The van der Waals surface area contributed by atoms with Gasteiger partial charge in [-0.2, -0.15) is 0 Å². The van der Waals surface area contributed by atoms with Gasteiger partial charge in [-0.25, -0.2) is 0 Å². The Bertz CT molecular complexity index is 1700. The van der Waals surface area contributed by atoms with Crippen LogP contribution in [0, 0.1) is 0 Å². The van der Waals surface area contributed by atoms with Crippen molar-refractivity contribution in [2.75, 3.05) is 13.2 Å². The van der Waals surface area contributed by atoms with Crippen LogP contribution in [0.5, 0.6) is 0 Å². The summed E-state index contributed by atoms with van der Waals surface area (Å²) in [7, 11) is 0. The highest BCUT2D eigenvalue weighted by atomic mass is 16.6. The second kappa shape index (κ2) is 70.3. The van der Waals surface area contributed by atoms with Crippen molar-refractivity contribution in [2.24, 2.45) is 0 Å². The predicted octanol–water partition coefficient (Wildman–Crippen LogP) is 24.3. The molecule has 0 aliphatic heterocycles. The summed E-state index contributed by atoms with van der Waals surface area (Å²) < 4.78 is 16.9. The lowest BCUT2D eigenvalue weighted by molar-refractivity contribution is -0.167. The topological polar surface area (TPSA) is 78.9 Å². The van der Waals surface area contributed by atoms with Crippen molar-refractivity contribution in [1.82, 2.24) is 0 Å². The first-order valence-electron chi connectivity index (χ1n) is 35.0. The van der Waals surface area contributed by atoms with Gasteiger partial charge >= 0.3 is 17.9 Å². The number of unbranched alkanes of at least 4 members (excludes halogenated alkanes) is 32. The summed E-state index contributed by atoms with van der Waals surface area (Å²) >= 11 is 0. The van der Waals surface area contributed by atoms with Crippen LogP contribution in [0.2, 0.25) is 0 Å². The highest BCUT2D eigenvalue weighted by Gasteiger charge is 2.19. The first-order valence-corrected chi connectivity index (χ1v) is 35.0. The first kappa shape index (κ1) is 78.8. The van der Waals surface area contributed by atoms with Gasteiger partial charge < -0.3 is 14.2 Å². The van der Waals surface area contributed by atoms with E-state index in [1.54, 1.807) is 0 Å². The maximum atomic E-state index is 12.9. The van der Waals surface area contributed by atoms with Crippen LogP contribution in [0.3, 0.4) is 0 Å². The fourth-order valence-electron chi connectivity index (χ4n) is 9.67. The number of esters is 3. The van der Waals surface area contributed by atoms with Gasteiger partial charge in [0.2, 0.25) is 0 Å². The third kappa shape index (κ3) is 68.5. The molecule has 6 heteroatoms. The Morgan fingerprint density at radius 1 is 0.253 bits per heavy atom. The highest BCUT2D eigenvalue weighted by Crippen LogP contribution is 2.17. The van der Waals surface area contributed by atoms with Gasteiger partial charge in [-0.3, -0.25) is 14.4 Å². The minimum Gasteiger partial charge on any atom is -0.462 e. The Kier molecular flexibility index (Phi) is 66.7. The highest BCUT2D eigenvalue weighted by molar-refractivity contribution is 5.71. The van der Waals surface area contributed by atoms with Crippen LogP contribution < -0.4 is 0 Å². The molecule has 0 aliphatic carbocycles. The smallest absolute Gasteiger partial charge is 0.306 e. The largest absolute Gasteiger partial charge is 0.462 e. The van der Waals surface area contributed by atoms with Crippen LogP contribution >= 0.6 is 0 Å². The molecule has 0 aromatic heterocycles. The van der Waals surface area contributed by atoms with E-state index < -0.39 is 6.10 Å². The average molecular weight is 1150 g/mol. The third-order valence-electron chi connectivity index (χ3n) is 14.9. The molecule has 0 bridgehead atoms. The summed E-state index contributed by atoms with van der Waals surface area (Å²) in [5.41, 5.74) is 0. The standard InChI is InChI=1S/C77H130O6/c1-4-7-10-13-16-19-22-24-26-28-30-32-34-35-36-37-38-39-40-41-43-44-46-48-50-52-55-58-61-64-67-70-76(79)82-73-74(72-81-75(78)69-66-63-60-57-54-21-18-15-12-9-6-3)83-77(80)71-68-65-62-59-56-53-51-49-47-45-42-33-31-29-27-25-23-20-17-14-11-8-5-2/h8,11,15,17-18,20,22,24-25,27-28,30-31,33-35,45,47,51,53,74H,4-7,9-10,12-14,16,19,21,23,26,29,32,36-44,46,48-50,52,54-73H2,1-3H3/b11-8-,18-15-,20-17-,24-22-,27-25-,30-28-,33-31-,35-34-,47-45-,53-51-. The van der Waals surface area contributed by atoms with Crippen LogP contribution in [0.15, 0.2) is 122 Å². The molecular formula is C77H130O6. The van der Waals surface area contributed by atoms with E-state index in [-0.39, 0.29) is 31.1 Å². The summed E-state index contributed by atoms with van der Waals surface area (Å²) in [6, 6.07) is 0. The molecular weight excluding hydrogens is 1020 g/mol. The van der Waals surface area contributed by atoms with Gasteiger partial charge in [0.15, 0.2) is 6.10 Å². The number of carbonyl (C=O) groups excluding carboxylic acids is 3. The molecule has 1 unspecified atom stereocenters. The SMILES string of the molecule is CC/C=C\C/C=C\C/C=C\C/C=C\C/C=C\C/C=C\CCCCCCC(=O)OC(COC(=O)CCCCCCC/C=C\CCCC)COC(=O)CCCCCCCCCCCCCCCCCC/C=C\C/C=C\C/C=C\CCCCCCC. The molecule has 0 fully saturated rings. The van der Waals surface area contributed by atoms with E-state index in [9.17, 15) is 14.4 Å². The molecule has 0 saturated heterocycles. The molecule has 83 heavy (non-hydrogen) atoms. The summed E-state index contributed by atoms with van der Waals surface area (Å²) in [6.45, 7) is 6.47. The van der Waals surface area contributed by atoms with Crippen molar-refractivity contribution in [2.45, 2.75) is 335 Å². The maximum absolute atomic E-state index is 12.9. The summed E-state index contributed by atoms with van der Waals surface area (Å²) in [5.74, 6) is -0.919. The fraction of sp³-hybridized carbons (Fsp3) is 0.701. The van der Waals surface area contributed by atoms with E-state index in [1.807, 2.05) is 0 Å². The quantitative estimate of drug-likeness (QED) is 0.0261. The minimum absolute atomic E-state index is 0.0917. The normalized spacial score (nSPS) is 12.9. The molecule has 0 radical (unpaired) electrons. The van der Waals surface area contributed by atoms with Gasteiger partial charge in [0.1, 0.15) is 13.2 Å². The molecule has 0 aromatic carbocycles. The maximum Gasteiger partial charge on any atom is 0.306 e. The van der Waals surface area contributed by atoms with Crippen LogP contribution in [0.4, 0.5) is 0 Å². The van der Waals surface area contributed by atoms with Gasteiger partial charge in [0.05, 0.1) is 0 Å². The molecule has 0 aromatic rings. The van der Waals surface area contributed by atoms with Crippen molar-refractivity contribution < 1.29 is 28.6 Å². The second-order valence-electron chi connectivity index (χ2n) is 23.1. The summed E-state index contributed by atoms with van der Waals surface area (Å²) in [6.07, 6.45) is 98.0. The number of hydrogen-bond acceptors (Lipinski definition) is 6. The first-order chi connectivity index (χ1) is 41.0. The van der Waals surface area contributed by atoms with E-state index in [1.165, 1.54) is 154 Å². The molecule has 0 saturated carbocycles. The van der Waals surface area contributed by atoms with Gasteiger partial charge in [0, 0.05) is 19.3 Å². The van der Waals surface area contributed by atoms with Crippen molar-refractivity contribution in [3.8, 4) is 0 Å².